The minimum Gasteiger partial charge on any atom is -0.448 e. The van der Waals surface area contributed by atoms with Crippen LogP contribution in [0.4, 0.5) is 4.79 Å². The van der Waals surface area contributed by atoms with E-state index in [-0.39, 0.29) is 12.5 Å². The highest BCUT2D eigenvalue weighted by Crippen LogP contribution is 1.83. The van der Waals surface area contributed by atoms with Gasteiger partial charge in [-0.05, 0) is 0 Å². The zero-order valence-corrected chi connectivity index (χ0v) is 5.77. The topological polar surface area (TPSA) is 55.4 Å². The Bertz CT molecular complexity index is 125. The van der Waals surface area contributed by atoms with Crippen molar-refractivity contribution in [3.05, 3.63) is 0 Å². The highest BCUT2D eigenvalue weighted by Gasteiger charge is 1.98. The molecular weight excluding hydrogens is 142 g/mol. The van der Waals surface area contributed by atoms with Crippen molar-refractivity contribution in [3.8, 4) is 0 Å². The molecular formula is C4H7NO3S. The van der Waals surface area contributed by atoms with Gasteiger partial charge in [0.05, 0.1) is 0 Å². The third-order valence-electron chi connectivity index (χ3n) is 0.606. The molecule has 0 aromatic rings. The van der Waals surface area contributed by atoms with E-state index in [4.69, 9.17) is 0 Å². The summed E-state index contributed by atoms with van der Waals surface area (Å²) in [6, 6.07) is 0. The third-order valence-corrected chi connectivity index (χ3v) is 0.735. The van der Waals surface area contributed by atoms with Gasteiger partial charge in [-0.2, -0.15) is 0 Å². The number of carbonyl (C=O) groups excluding carboxylic acids is 2. The molecule has 52 valence electrons. The largest absolute Gasteiger partial charge is 0.448 e. The molecule has 0 aliphatic carbocycles. The first-order chi connectivity index (χ1) is 4.16. The van der Waals surface area contributed by atoms with Crippen LogP contribution in [-0.4, -0.2) is 24.9 Å². The summed E-state index contributed by atoms with van der Waals surface area (Å²) < 4.78 is 4.21. The van der Waals surface area contributed by atoms with Crippen molar-refractivity contribution in [1.82, 2.24) is 5.32 Å². The third kappa shape index (κ3) is 5.16. The normalized spacial score (nSPS) is 8.22. The van der Waals surface area contributed by atoms with Gasteiger partial charge in [-0.25, -0.2) is 4.79 Å². The number of thiol groups is 1. The summed E-state index contributed by atoms with van der Waals surface area (Å²) >= 11 is 3.27. The molecule has 9 heavy (non-hydrogen) atoms. The molecule has 0 fully saturated rings. The van der Waals surface area contributed by atoms with Crippen LogP contribution in [0.1, 0.15) is 0 Å². The molecule has 4 nitrogen and oxygen atoms in total. The highest BCUT2D eigenvalue weighted by atomic mass is 32.1. The second-order valence-electron chi connectivity index (χ2n) is 1.23. The first-order valence-electron chi connectivity index (χ1n) is 2.23. The summed E-state index contributed by atoms with van der Waals surface area (Å²) in [5, 5.41) is 1.52. The lowest BCUT2D eigenvalue weighted by Gasteiger charge is -1.97. The smallest absolute Gasteiger partial charge is 0.364 e. The van der Waals surface area contributed by atoms with Crippen molar-refractivity contribution in [2.24, 2.45) is 0 Å². The van der Waals surface area contributed by atoms with Crippen LogP contribution in [0.3, 0.4) is 0 Å². The molecule has 0 unspecified atom stereocenters. The number of nitrogens with one attached hydrogen (secondary N) is 1. The number of carbonyl (C=O) groups is 2. The summed E-state index contributed by atoms with van der Waals surface area (Å²) in [6.07, 6.45) is 0. The second-order valence-corrected chi connectivity index (χ2v) is 1.59. The van der Waals surface area contributed by atoms with Crippen LogP contribution >= 0.6 is 12.6 Å². The molecule has 0 aliphatic rings. The van der Waals surface area contributed by atoms with E-state index in [9.17, 15) is 9.59 Å². The van der Waals surface area contributed by atoms with E-state index >= 15 is 0 Å². The number of rotatable bonds is 2. The molecule has 0 aromatic heterocycles. The summed E-state index contributed by atoms with van der Waals surface area (Å²) in [5.41, 5.74) is 0. The summed E-state index contributed by atoms with van der Waals surface area (Å²) in [6.45, 7) is -0.265. The van der Waals surface area contributed by atoms with Crippen LogP contribution in [0.25, 0.3) is 0 Å². The van der Waals surface area contributed by atoms with Crippen LogP contribution < -0.4 is 5.32 Å². The Labute approximate surface area is 58.0 Å². The van der Waals surface area contributed by atoms with Crippen molar-refractivity contribution in [1.29, 1.82) is 0 Å². The average molecular weight is 149 g/mol. The second kappa shape index (κ2) is 4.20. The Morgan fingerprint density at radius 1 is 1.67 bits per heavy atom. The fourth-order valence-electron chi connectivity index (χ4n) is 0.199. The molecule has 0 bridgehead atoms. The Hall–Kier alpha value is -0.710. The Kier molecular flexibility index (Phi) is 3.87. The lowest BCUT2D eigenvalue weighted by atomic mass is 10.7. The van der Waals surface area contributed by atoms with E-state index in [0.717, 1.165) is 0 Å². The lowest BCUT2D eigenvalue weighted by molar-refractivity contribution is -0.123. The predicted octanol–water partition coefficient (Wildman–Crippen LogP) is -0.201. The fourth-order valence-corrected chi connectivity index (χ4v) is 0.264. The first-order valence-corrected chi connectivity index (χ1v) is 2.68. The molecule has 0 spiro atoms. The van der Waals surface area contributed by atoms with Gasteiger partial charge in [0, 0.05) is 7.05 Å². The molecule has 0 aromatic carbocycles. The summed E-state index contributed by atoms with van der Waals surface area (Å²) in [7, 11) is 1.45. The lowest BCUT2D eigenvalue weighted by Crippen LogP contribution is -2.23. The zero-order chi connectivity index (χ0) is 7.28. The number of amides is 1. The van der Waals surface area contributed by atoms with E-state index in [0.29, 0.717) is 0 Å². The Balaban J connectivity index is 3.28. The minimum absolute atomic E-state index is 0.265. The summed E-state index contributed by atoms with van der Waals surface area (Å²) in [4.78, 5) is 20.2. The molecule has 5 heteroatoms. The van der Waals surface area contributed by atoms with E-state index in [1.54, 1.807) is 0 Å². The van der Waals surface area contributed by atoms with Gasteiger partial charge >= 0.3 is 5.30 Å². The molecule has 0 saturated heterocycles. The molecule has 0 heterocycles. The SMILES string of the molecule is CNC(=O)COC(=O)S. The van der Waals surface area contributed by atoms with Crippen molar-refractivity contribution in [3.63, 3.8) is 0 Å². The number of hydrogen-bond donors (Lipinski definition) is 2. The average Bonchev–Trinajstić information content (AvgIpc) is 1.83. The van der Waals surface area contributed by atoms with Gasteiger partial charge in [-0.3, -0.25) is 4.79 Å². The molecule has 0 saturated carbocycles. The van der Waals surface area contributed by atoms with Gasteiger partial charge in [0.2, 0.25) is 0 Å². The molecule has 0 radical (unpaired) electrons. The van der Waals surface area contributed by atoms with E-state index in [1.165, 1.54) is 7.05 Å². The standard InChI is InChI=1S/C4H7NO3S/c1-5-3(6)2-8-4(7)9/h2H2,1H3,(H,5,6)(H,7,9). The Morgan fingerprint density at radius 2 is 2.22 bits per heavy atom. The highest BCUT2D eigenvalue weighted by molar-refractivity contribution is 7.96. The van der Waals surface area contributed by atoms with E-state index in [2.05, 4.69) is 22.7 Å². The van der Waals surface area contributed by atoms with Crippen LogP contribution in [0, 0.1) is 0 Å². The van der Waals surface area contributed by atoms with E-state index in [1.807, 2.05) is 0 Å². The van der Waals surface area contributed by atoms with Crippen molar-refractivity contribution >= 4 is 23.8 Å². The first kappa shape index (κ1) is 8.29. The minimum atomic E-state index is -0.751. The van der Waals surface area contributed by atoms with Crippen LogP contribution in [0.15, 0.2) is 0 Å². The summed E-state index contributed by atoms with van der Waals surface area (Å²) in [5.74, 6) is -0.350. The van der Waals surface area contributed by atoms with Gasteiger partial charge in [0.15, 0.2) is 6.61 Å². The molecule has 1 amide bonds. The quantitative estimate of drug-likeness (QED) is 0.422. The van der Waals surface area contributed by atoms with Crippen molar-refractivity contribution in [2.75, 3.05) is 13.7 Å². The molecule has 0 rings (SSSR count). The van der Waals surface area contributed by atoms with Gasteiger partial charge in [-0.15, -0.1) is 0 Å². The van der Waals surface area contributed by atoms with Gasteiger partial charge in [0.25, 0.3) is 5.91 Å². The van der Waals surface area contributed by atoms with Crippen molar-refractivity contribution in [2.45, 2.75) is 0 Å². The fraction of sp³-hybridized carbons (Fsp3) is 0.500. The maximum Gasteiger partial charge on any atom is 0.364 e. The zero-order valence-electron chi connectivity index (χ0n) is 4.88. The van der Waals surface area contributed by atoms with Crippen LogP contribution in [0.5, 0.6) is 0 Å². The predicted molar refractivity (Wildman–Crippen MR) is 34.4 cm³/mol. The molecule has 1 N–H and O–H groups in total. The van der Waals surface area contributed by atoms with Crippen molar-refractivity contribution < 1.29 is 14.3 Å². The van der Waals surface area contributed by atoms with Crippen LogP contribution in [0.2, 0.25) is 0 Å². The maximum atomic E-state index is 10.3. The van der Waals surface area contributed by atoms with E-state index < -0.39 is 5.30 Å². The molecule has 0 aliphatic heterocycles. The van der Waals surface area contributed by atoms with Gasteiger partial charge < -0.3 is 10.1 Å². The number of hydrogen-bond acceptors (Lipinski definition) is 3. The monoisotopic (exact) mass is 149 g/mol. The van der Waals surface area contributed by atoms with Crippen LogP contribution in [-0.2, 0) is 9.53 Å². The van der Waals surface area contributed by atoms with Gasteiger partial charge in [0.1, 0.15) is 0 Å². The maximum absolute atomic E-state index is 10.3. The molecule has 0 atom stereocenters. The Morgan fingerprint density at radius 3 is 2.56 bits per heavy atom. The number of likely N-dealkylation sites (N-methyl/N-ethyl adjacent to an activating group) is 1. The van der Waals surface area contributed by atoms with Gasteiger partial charge in [-0.1, -0.05) is 12.6 Å². The number of ether oxygens (including phenoxy) is 1.